The Morgan fingerprint density at radius 2 is 1.63 bits per heavy atom. The Bertz CT molecular complexity index is 1050. The number of piperidine rings is 1. The van der Waals surface area contributed by atoms with Crippen LogP contribution in [0.5, 0.6) is 0 Å². The molecule has 0 unspecified atom stereocenters. The van der Waals surface area contributed by atoms with Crippen molar-refractivity contribution in [1.82, 2.24) is 15.3 Å². The van der Waals surface area contributed by atoms with Gasteiger partial charge in [-0.15, -0.1) is 22.7 Å². The van der Waals surface area contributed by atoms with E-state index in [0.29, 0.717) is 12.0 Å². The SMILES string of the molecule is CC(=O)c1ccc(-c2ccc(-c3ccnc(NC4CC(C)(C)NC(C)(C)C4)n3)s2)s1. The Morgan fingerprint density at radius 3 is 2.30 bits per heavy atom. The first kappa shape index (κ1) is 21.2. The van der Waals surface area contributed by atoms with Gasteiger partial charge in [-0.2, -0.15) is 0 Å². The molecule has 0 amide bonds. The van der Waals surface area contributed by atoms with Crippen molar-refractivity contribution < 1.29 is 4.79 Å². The van der Waals surface area contributed by atoms with E-state index in [0.717, 1.165) is 38.0 Å². The number of hydrogen-bond acceptors (Lipinski definition) is 7. The number of carbonyl (C=O) groups excluding carboxylic acids is 1. The topological polar surface area (TPSA) is 66.9 Å². The van der Waals surface area contributed by atoms with Crippen molar-refractivity contribution in [2.45, 2.75) is 64.6 Å². The van der Waals surface area contributed by atoms with Crippen LogP contribution in [0.15, 0.2) is 36.5 Å². The summed E-state index contributed by atoms with van der Waals surface area (Å²) in [6.07, 6.45) is 3.86. The van der Waals surface area contributed by atoms with Crippen molar-refractivity contribution in [3.63, 3.8) is 0 Å². The van der Waals surface area contributed by atoms with Gasteiger partial charge in [0.2, 0.25) is 5.95 Å². The maximum Gasteiger partial charge on any atom is 0.223 e. The third-order valence-electron chi connectivity index (χ3n) is 5.23. The Kier molecular flexibility index (Phi) is 5.55. The van der Waals surface area contributed by atoms with Crippen molar-refractivity contribution in [3.05, 3.63) is 41.4 Å². The molecule has 7 heteroatoms. The highest BCUT2D eigenvalue weighted by Gasteiger charge is 2.37. The Hall–Kier alpha value is -2.09. The number of ketones is 1. The Morgan fingerprint density at radius 1 is 1.00 bits per heavy atom. The highest BCUT2D eigenvalue weighted by atomic mass is 32.1. The number of hydrogen-bond donors (Lipinski definition) is 2. The maximum atomic E-state index is 11.6. The second-order valence-corrected chi connectivity index (χ2v) is 11.5. The number of nitrogens with zero attached hydrogens (tertiary/aromatic N) is 2. The van der Waals surface area contributed by atoms with Crippen LogP contribution in [0.3, 0.4) is 0 Å². The summed E-state index contributed by atoms with van der Waals surface area (Å²) in [6.45, 7) is 10.6. The van der Waals surface area contributed by atoms with Crippen molar-refractivity contribution in [2.24, 2.45) is 0 Å². The van der Waals surface area contributed by atoms with E-state index in [1.165, 1.54) is 11.3 Å². The number of nitrogens with one attached hydrogen (secondary N) is 2. The molecule has 1 fully saturated rings. The molecule has 2 N–H and O–H groups in total. The minimum absolute atomic E-state index is 0.0686. The molecule has 1 aliphatic heterocycles. The van der Waals surface area contributed by atoms with Crippen LogP contribution >= 0.6 is 22.7 Å². The lowest BCUT2D eigenvalue weighted by Crippen LogP contribution is -2.60. The molecule has 1 saturated heterocycles. The zero-order chi connectivity index (χ0) is 21.5. The summed E-state index contributed by atoms with van der Waals surface area (Å²) >= 11 is 3.23. The minimum Gasteiger partial charge on any atom is -0.351 e. The highest BCUT2D eigenvalue weighted by molar-refractivity contribution is 7.24. The van der Waals surface area contributed by atoms with Gasteiger partial charge < -0.3 is 10.6 Å². The Labute approximate surface area is 186 Å². The molecular formula is C23H28N4OS2. The van der Waals surface area contributed by atoms with E-state index in [4.69, 9.17) is 4.98 Å². The van der Waals surface area contributed by atoms with Gasteiger partial charge in [0.15, 0.2) is 5.78 Å². The smallest absolute Gasteiger partial charge is 0.223 e. The van der Waals surface area contributed by atoms with Crippen molar-refractivity contribution in [2.75, 3.05) is 5.32 Å². The normalized spacial score (nSPS) is 18.3. The minimum atomic E-state index is 0.0686. The molecule has 0 aliphatic carbocycles. The van der Waals surface area contributed by atoms with E-state index in [2.05, 4.69) is 55.4 Å². The van der Waals surface area contributed by atoms with Gasteiger partial charge in [0, 0.05) is 33.1 Å². The standard InChI is InChI=1S/C23H28N4OS2/c1-14(28)17-6-8-19(29-17)20-9-7-18(30-20)16-10-11-24-21(26-16)25-15-12-22(2,3)27-23(4,5)13-15/h6-11,15,27H,12-13H2,1-5H3,(H,24,25,26). The summed E-state index contributed by atoms with van der Waals surface area (Å²) in [5.74, 6) is 0.787. The molecule has 0 saturated carbocycles. The second-order valence-electron chi connectivity index (χ2n) is 9.29. The van der Waals surface area contributed by atoms with Crippen LogP contribution in [0, 0.1) is 0 Å². The summed E-state index contributed by atoms with van der Waals surface area (Å²) < 4.78 is 0. The highest BCUT2D eigenvalue weighted by Crippen LogP contribution is 2.37. The predicted molar refractivity (Wildman–Crippen MR) is 127 cm³/mol. The average molecular weight is 441 g/mol. The molecule has 4 heterocycles. The van der Waals surface area contributed by atoms with Gasteiger partial charge in [-0.25, -0.2) is 9.97 Å². The monoisotopic (exact) mass is 440 g/mol. The van der Waals surface area contributed by atoms with E-state index in [9.17, 15) is 4.79 Å². The summed E-state index contributed by atoms with van der Waals surface area (Å²) in [6, 6.07) is 10.4. The number of Topliss-reactive ketones (excluding diaryl/α,β-unsaturated/α-hetero) is 1. The lowest BCUT2D eigenvalue weighted by molar-refractivity contribution is 0.102. The summed E-state index contributed by atoms with van der Waals surface area (Å²) in [5.41, 5.74) is 1.05. The zero-order valence-electron chi connectivity index (χ0n) is 18.1. The van der Waals surface area contributed by atoms with Crippen LogP contribution in [-0.2, 0) is 0 Å². The van der Waals surface area contributed by atoms with Crippen LogP contribution in [0.2, 0.25) is 0 Å². The summed E-state index contributed by atoms with van der Waals surface area (Å²) in [5, 5.41) is 7.28. The van der Waals surface area contributed by atoms with Crippen LogP contribution in [0.25, 0.3) is 20.3 Å². The number of aromatic nitrogens is 2. The van der Waals surface area contributed by atoms with Gasteiger partial charge >= 0.3 is 0 Å². The van der Waals surface area contributed by atoms with Crippen LogP contribution in [0.4, 0.5) is 5.95 Å². The van der Waals surface area contributed by atoms with E-state index >= 15 is 0 Å². The number of rotatable bonds is 5. The molecule has 30 heavy (non-hydrogen) atoms. The first-order valence-electron chi connectivity index (χ1n) is 10.2. The molecule has 3 aromatic heterocycles. The van der Waals surface area contributed by atoms with Crippen molar-refractivity contribution in [1.29, 1.82) is 0 Å². The van der Waals surface area contributed by atoms with Gasteiger partial charge in [-0.05, 0) is 77.8 Å². The fourth-order valence-corrected chi connectivity index (χ4v) is 6.41. The van der Waals surface area contributed by atoms with Crippen LogP contribution in [-0.4, -0.2) is 32.9 Å². The lowest BCUT2D eigenvalue weighted by Gasteiger charge is -2.46. The summed E-state index contributed by atoms with van der Waals surface area (Å²) in [7, 11) is 0. The van der Waals surface area contributed by atoms with E-state index in [1.54, 1.807) is 18.3 Å². The molecule has 0 atom stereocenters. The van der Waals surface area contributed by atoms with E-state index in [1.807, 2.05) is 24.4 Å². The first-order chi connectivity index (χ1) is 14.1. The molecule has 5 nitrogen and oxygen atoms in total. The quantitative estimate of drug-likeness (QED) is 0.487. The molecule has 158 valence electrons. The van der Waals surface area contributed by atoms with Crippen LogP contribution < -0.4 is 10.6 Å². The summed E-state index contributed by atoms with van der Waals surface area (Å²) in [4.78, 5) is 25.0. The third kappa shape index (κ3) is 4.79. The van der Waals surface area contributed by atoms with Crippen molar-refractivity contribution >= 4 is 34.4 Å². The number of carbonyl (C=O) groups is 1. The largest absolute Gasteiger partial charge is 0.351 e. The zero-order valence-corrected chi connectivity index (χ0v) is 19.7. The Balaban J connectivity index is 1.52. The maximum absolute atomic E-state index is 11.6. The molecule has 4 rings (SSSR count). The van der Waals surface area contributed by atoms with Gasteiger partial charge in [-0.3, -0.25) is 4.79 Å². The first-order valence-corrected chi connectivity index (χ1v) is 11.8. The molecule has 1 aliphatic rings. The van der Waals surface area contributed by atoms with Gasteiger partial charge in [0.1, 0.15) is 0 Å². The predicted octanol–water partition coefficient (Wildman–Crippen LogP) is 5.86. The van der Waals surface area contributed by atoms with Gasteiger partial charge in [-0.1, -0.05) is 0 Å². The van der Waals surface area contributed by atoms with E-state index in [-0.39, 0.29) is 16.9 Å². The third-order valence-corrected chi connectivity index (χ3v) is 7.72. The molecular weight excluding hydrogens is 412 g/mol. The average Bonchev–Trinajstić information content (AvgIpc) is 3.29. The molecule has 0 bridgehead atoms. The fraction of sp³-hybridized carbons (Fsp3) is 0.435. The lowest BCUT2D eigenvalue weighted by atomic mass is 9.80. The number of thiophene rings is 2. The fourth-order valence-electron chi connectivity index (χ4n) is 4.44. The van der Waals surface area contributed by atoms with E-state index < -0.39 is 0 Å². The molecule has 0 aromatic carbocycles. The van der Waals surface area contributed by atoms with Gasteiger partial charge in [0.05, 0.1) is 15.4 Å². The van der Waals surface area contributed by atoms with Gasteiger partial charge in [0.25, 0.3) is 0 Å². The molecule has 3 aromatic rings. The second kappa shape index (κ2) is 7.87. The molecule has 0 spiro atoms. The van der Waals surface area contributed by atoms with Crippen LogP contribution in [0.1, 0.15) is 57.1 Å². The number of anilines is 1. The molecule has 0 radical (unpaired) electrons. The van der Waals surface area contributed by atoms with Crippen molar-refractivity contribution in [3.8, 4) is 20.3 Å².